The zero-order valence-corrected chi connectivity index (χ0v) is 17.5. The fourth-order valence-electron chi connectivity index (χ4n) is 3.45. The van der Waals surface area contributed by atoms with Crippen molar-refractivity contribution in [2.24, 2.45) is 0 Å². The Bertz CT molecular complexity index is 793. The van der Waals surface area contributed by atoms with Crippen LogP contribution >= 0.6 is 11.3 Å². The van der Waals surface area contributed by atoms with Crippen molar-refractivity contribution in [2.45, 2.75) is 59.1 Å². The molecule has 0 N–H and O–H groups in total. The Morgan fingerprint density at radius 1 is 1.32 bits per heavy atom. The highest BCUT2D eigenvalue weighted by molar-refractivity contribution is 7.15. The number of hydroxylamine groups is 2. The molecule has 1 aliphatic rings. The Morgan fingerprint density at radius 2 is 2.11 bits per heavy atom. The molecular weight excluding hydrogens is 380 g/mol. The zero-order chi connectivity index (χ0) is 20.1. The van der Waals surface area contributed by atoms with Crippen LogP contribution in [-0.4, -0.2) is 47.1 Å². The predicted octanol–water partition coefficient (Wildman–Crippen LogP) is 3.71. The van der Waals surface area contributed by atoms with E-state index in [9.17, 15) is 10.0 Å². The molecule has 0 aliphatic carbocycles. The second kappa shape index (κ2) is 9.13. The van der Waals surface area contributed by atoms with Crippen LogP contribution in [-0.2, 0) is 17.6 Å². The summed E-state index contributed by atoms with van der Waals surface area (Å²) in [6.45, 7) is 7.48. The van der Waals surface area contributed by atoms with Gasteiger partial charge < -0.3 is 14.4 Å². The third-order valence-electron chi connectivity index (χ3n) is 4.77. The normalized spacial score (nSPS) is 22.6. The van der Waals surface area contributed by atoms with E-state index < -0.39 is 16.8 Å². The monoisotopic (exact) mass is 408 g/mol. The molecule has 1 aliphatic heterocycles. The molecule has 154 valence electrons. The Hall–Kier alpha value is -1.81. The summed E-state index contributed by atoms with van der Waals surface area (Å²) < 4.78 is 10.2. The van der Waals surface area contributed by atoms with Crippen LogP contribution in [0.25, 0.3) is 0 Å². The Labute approximate surface area is 169 Å². The van der Waals surface area contributed by atoms with Gasteiger partial charge in [0, 0.05) is 18.5 Å². The lowest BCUT2D eigenvalue weighted by Crippen LogP contribution is -2.51. The van der Waals surface area contributed by atoms with Crippen molar-refractivity contribution in [3.05, 3.63) is 33.9 Å². The van der Waals surface area contributed by atoms with Crippen LogP contribution < -0.4 is 4.65 Å². The number of ether oxygens (including phenoxy) is 1. The van der Waals surface area contributed by atoms with Gasteiger partial charge in [-0.1, -0.05) is 32.3 Å². The second-order valence-electron chi connectivity index (χ2n) is 7.13. The van der Waals surface area contributed by atoms with Gasteiger partial charge in [0.05, 0.1) is 12.8 Å². The average molecular weight is 409 g/mol. The number of nitrogens with zero attached hydrogens (tertiary/aromatic N) is 4. The van der Waals surface area contributed by atoms with E-state index in [1.165, 1.54) is 17.6 Å². The third kappa shape index (κ3) is 4.27. The predicted molar refractivity (Wildman–Crippen MR) is 108 cm³/mol. The summed E-state index contributed by atoms with van der Waals surface area (Å²) in [7, 11) is 0. The summed E-state index contributed by atoms with van der Waals surface area (Å²) in [5.74, 6) is -0.403. The maximum absolute atomic E-state index is 13.7. The number of carbonyl (C=O) groups excluding carboxylic acids is 1. The number of aromatic nitrogens is 2. The first-order chi connectivity index (χ1) is 13.5. The molecule has 2 atom stereocenters. The van der Waals surface area contributed by atoms with Crippen molar-refractivity contribution in [1.29, 1.82) is 0 Å². The van der Waals surface area contributed by atoms with Crippen LogP contribution in [0.5, 0.6) is 0 Å². The SMILES string of the molecule is CCCc1nnc([N+]2([O-])CN(CCC)CC2OC(=O)c2occc2CCC)s1. The summed E-state index contributed by atoms with van der Waals surface area (Å²) in [6.07, 6.45) is 4.85. The van der Waals surface area contributed by atoms with Gasteiger partial charge >= 0.3 is 11.1 Å². The Morgan fingerprint density at radius 3 is 2.82 bits per heavy atom. The number of carbonyl (C=O) groups is 1. The summed E-state index contributed by atoms with van der Waals surface area (Å²) >= 11 is 1.31. The van der Waals surface area contributed by atoms with E-state index in [-0.39, 0.29) is 12.4 Å². The number of hydrogen-bond acceptors (Lipinski definition) is 8. The maximum Gasteiger partial charge on any atom is 0.379 e. The minimum Gasteiger partial charge on any atom is -0.622 e. The van der Waals surface area contributed by atoms with Crippen LogP contribution in [0.2, 0.25) is 0 Å². The molecule has 8 nitrogen and oxygen atoms in total. The Kier molecular flexibility index (Phi) is 6.82. The van der Waals surface area contributed by atoms with E-state index in [0.717, 1.165) is 49.2 Å². The number of furan rings is 1. The van der Waals surface area contributed by atoms with E-state index in [1.807, 2.05) is 11.8 Å². The maximum atomic E-state index is 13.7. The first-order valence-corrected chi connectivity index (χ1v) is 10.7. The summed E-state index contributed by atoms with van der Waals surface area (Å²) in [6, 6.07) is 1.78. The van der Waals surface area contributed by atoms with Crippen LogP contribution in [0.4, 0.5) is 5.13 Å². The summed E-state index contributed by atoms with van der Waals surface area (Å²) in [4.78, 5) is 14.7. The first-order valence-electron chi connectivity index (χ1n) is 9.93. The molecule has 28 heavy (non-hydrogen) atoms. The minimum atomic E-state index is -0.888. The molecular formula is C19H28N4O4S. The van der Waals surface area contributed by atoms with Crippen LogP contribution in [0.3, 0.4) is 0 Å². The lowest BCUT2D eigenvalue weighted by Gasteiger charge is -2.38. The van der Waals surface area contributed by atoms with Gasteiger partial charge in [0.1, 0.15) is 11.7 Å². The van der Waals surface area contributed by atoms with Gasteiger partial charge in [-0.05, 0) is 36.7 Å². The molecule has 3 rings (SSSR count). The van der Waals surface area contributed by atoms with Gasteiger partial charge in [-0.2, -0.15) is 0 Å². The second-order valence-corrected chi connectivity index (χ2v) is 8.17. The number of aryl methyl sites for hydroxylation is 2. The Balaban J connectivity index is 1.83. The topological polar surface area (TPSA) is 91.5 Å². The molecule has 0 spiro atoms. The molecule has 2 aromatic rings. The number of rotatable bonds is 9. The summed E-state index contributed by atoms with van der Waals surface area (Å²) in [5, 5.41) is 23.2. The molecule has 0 amide bonds. The molecule has 9 heteroatoms. The average Bonchev–Trinajstić information content (AvgIpc) is 3.37. The molecule has 2 aromatic heterocycles. The molecule has 0 radical (unpaired) electrons. The molecule has 0 bridgehead atoms. The minimum absolute atomic E-state index is 0.186. The molecule has 0 saturated carbocycles. The molecule has 0 aromatic carbocycles. The summed E-state index contributed by atoms with van der Waals surface area (Å²) in [5.41, 5.74) is 0.807. The molecule has 2 unspecified atom stereocenters. The van der Waals surface area contributed by atoms with E-state index in [4.69, 9.17) is 9.15 Å². The van der Waals surface area contributed by atoms with E-state index in [1.54, 1.807) is 6.07 Å². The highest BCUT2D eigenvalue weighted by Crippen LogP contribution is 2.35. The van der Waals surface area contributed by atoms with Gasteiger partial charge in [-0.3, -0.25) is 4.65 Å². The van der Waals surface area contributed by atoms with Crippen molar-refractivity contribution in [1.82, 2.24) is 19.7 Å². The number of esters is 1. The van der Waals surface area contributed by atoms with Crippen molar-refractivity contribution in [3.8, 4) is 0 Å². The van der Waals surface area contributed by atoms with E-state index in [2.05, 4.69) is 24.0 Å². The quantitative estimate of drug-likeness (QED) is 0.355. The van der Waals surface area contributed by atoms with Crippen molar-refractivity contribution in [3.63, 3.8) is 0 Å². The van der Waals surface area contributed by atoms with Crippen molar-refractivity contribution < 1.29 is 13.9 Å². The van der Waals surface area contributed by atoms with E-state index >= 15 is 0 Å². The van der Waals surface area contributed by atoms with Gasteiger partial charge in [-0.25, -0.2) is 9.69 Å². The molecule has 1 saturated heterocycles. The third-order valence-corrected chi connectivity index (χ3v) is 5.86. The van der Waals surface area contributed by atoms with Crippen LogP contribution in [0.1, 0.15) is 61.2 Å². The van der Waals surface area contributed by atoms with Gasteiger partial charge in [0.25, 0.3) is 6.23 Å². The fraction of sp³-hybridized carbons (Fsp3) is 0.632. The van der Waals surface area contributed by atoms with Crippen molar-refractivity contribution in [2.75, 3.05) is 19.8 Å². The van der Waals surface area contributed by atoms with Crippen LogP contribution in [0.15, 0.2) is 16.7 Å². The zero-order valence-electron chi connectivity index (χ0n) is 16.7. The van der Waals surface area contributed by atoms with Gasteiger partial charge in [-0.15, -0.1) is 5.10 Å². The fourth-order valence-corrected chi connectivity index (χ4v) is 4.46. The number of hydrogen-bond donors (Lipinski definition) is 0. The lowest BCUT2D eigenvalue weighted by molar-refractivity contribution is 0.00223. The van der Waals surface area contributed by atoms with Gasteiger partial charge in [0.2, 0.25) is 5.76 Å². The molecule has 3 heterocycles. The number of quaternary nitrogens is 1. The largest absolute Gasteiger partial charge is 0.622 e. The standard InChI is InChI=1S/C19H28N4O4S/c1-4-7-14-9-11-26-17(14)18(24)27-16-12-22(10-6-3)13-23(16,25)19-21-20-15(28-19)8-5-2/h9,11,16H,4-8,10,12-13H2,1-3H3. The molecule has 1 fully saturated rings. The van der Waals surface area contributed by atoms with E-state index in [0.29, 0.717) is 11.7 Å². The van der Waals surface area contributed by atoms with Crippen molar-refractivity contribution >= 4 is 22.4 Å². The van der Waals surface area contributed by atoms with Gasteiger partial charge in [0.15, 0.2) is 0 Å². The van der Waals surface area contributed by atoms with Crippen LogP contribution in [0, 0.1) is 5.21 Å². The lowest BCUT2D eigenvalue weighted by atomic mass is 10.1. The first kappa shape index (κ1) is 20.9. The highest BCUT2D eigenvalue weighted by Gasteiger charge is 2.46. The highest BCUT2D eigenvalue weighted by atomic mass is 32.1. The smallest absolute Gasteiger partial charge is 0.379 e.